The van der Waals surface area contributed by atoms with E-state index in [-0.39, 0.29) is 12.5 Å². The van der Waals surface area contributed by atoms with E-state index in [0.717, 1.165) is 25.2 Å². The van der Waals surface area contributed by atoms with E-state index in [4.69, 9.17) is 9.47 Å². The van der Waals surface area contributed by atoms with Crippen LogP contribution in [0.3, 0.4) is 0 Å². The molecule has 1 amide bonds. The second-order valence-electron chi connectivity index (χ2n) is 5.54. The Kier molecular flexibility index (Phi) is 7.00. The summed E-state index contributed by atoms with van der Waals surface area (Å²) >= 11 is 0. The van der Waals surface area contributed by atoms with E-state index in [0.29, 0.717) is 17.3 Å². The lowest BCUT2D eigenvalue weighted by molar-refractivity contribution is -0.118. The first-order valence-corrected chi connectivity index (χ1v) is 8.24. The lowest BCUT2D eigenvalue weighted by Gasteiger charge is -2.17. The van der Waals surface area contributed by atoms with E-state index in [1.54, 1.807) is 25.3 Å². The van der Waals surface area contributed by atoms with Crippen molar-refractivity contribution in [2.45, 2.75) is 19.8 Å². The summed E-state index contributed by atoms with van der Waals surface area (Å²) in [6.45, 7) is 2.93. The van der Waals surface area contributed by atoms with Crippen LogP contribution in [0.15, 0.2) is 36.4 Å². The van der Waals surface area contributed by atoms with Gasteiger partial charge < -0.3 is 19.7 Å². The Morgan fingerprint density at radius 1 is 1.16 bits per heavy atom. The van der Waals surface area contributed by atoms with Gasteiger partial charge in [-0.3, -0.25) is 4.79 Å². The van der Waals surface area contributed by atoms with Crippen LogP contribution in [0.25, 0.3) is 0 Å². The number of unbranched alkanes of at least 4 members (excludes halogenated alkanes) is 1. The Labute approximate surface area is 148 Å². The van der Waals surface area contributed by atoms with Crippen LogP contribution in [0, 0.1) is 0 Å². The Balaban J connectivity index is 1.86. The number of methoxy groups -OCH3 is 1. The molecule has 0 unspecified atom stereocenters. The van der Waals surface area contributed by atoms with Gasteiger partial charge in [-0.15, -0.1) is 10.2 Å². The standard InChI is InChI=1S/C18H24N4O3/c1-4-5-12-22(2)17-11-10-16(20-21-17)19-18(23)13-25-15-9-7-6-8-14(15)24-3/h6-11H,4-5,12-13H2,1-3H3,(H,19,20,23). The van der Waals surface area contributed by atoms with Crippen molar-refractivity contribution in [3.8, 4) is 11.5 Å². The summed E-state index contributed by atoms with van der Waals surface area (Å²) in [5.74, 6) is 1.94. The zero-order valence-electron chi connectivity index (χ0n) is 14.9. The largest absolute Gasteiger partial charge is 0.493 e. The van der Waals surface area contributed by atoms with Crippen LogP contribution < -0.4 is 19.7 Å². The summed E-state index contributed by atoms with van der Waals surface area (Å²) in [6.07, 6.45) is 2.22. The molecule has 0 saturated heterocycles. The third-order valence-corrected chi connectivity index (χ3v) is 3.58. The van der Waals surface area contributed by atoms with Crippen molar-refractivity contribution in [3.63, 3.8) is 0 Å². The molecule has 25 heavy (non-hydrogen) atoms. The molecule has 7 nitrogen and oxygen atoms in total. The summed E-state index contributed by atoms with van der Waals surface area (Å²) in [4.78, 5) is 14.0. The maximum absolute atomic E-state index is 12.0. The van der Waals surface area contributed by atoms with E-state index >= 15 is 0 Å². The molecule has 7 heteroatoms. The van der Waals surface area contributed by atoms with Crippen molar-refractivity contribution in [1.29, 1.82) is 0 Å². The van der Waals surface area contributed by atoms with Crippen molar-refractivity contribution in [1.82, 2.24) is 10.2 Å². The number of para-hydroxylation sites is 2. The smallest absolute Gasteiger partial charge is 0.263 e. The Morgan fingerprint density at radius 2 is 1.92 bits per heavy atom. The summed E-state index contributed by atoms with van der Waals surface area (Å²) in [6, 6.07) is 10.7. The molecule has 0 aliphatic heterocycles. The monoisotopic (exact) mass is 344 g/mol. The molecule has 1 N–H and O–H groups in total. The molecule has 0 spiro atoms. The van der Waals surface area contributed by atoms with Gasteiger partial charge in [0.1, 0.15) is 0 Å². The molecule has 0 atom stereocenters. The number of amides is 1. The molecular weight excluding hydrogens is 320 g/mol. The highest BCUT2D eigenvalue weighted by molar-refractivity contribution is 5.90. The number of hydrogen-bond donors (Lipinski definition) is 1. The molecule has 0 fully saturated rings. The molecule has 2 rings (SSSR count). The molecule has 2 aromatic rings. The van der Waals surface area contributed by atoms with Gasteiger partial charge >= 0.3 is 0 Å². The molecule has 1 aromatic carbocycles. The van der Waals surface area contributed by atoms with Gasteiger partial charge in [0, 0.05) is 13.6 Å². The fourth-order valence-electron chi connectivity index (χ4n) is 2.17. The Bertz CT molecular complexity index is 676. The molecule has 1 heterocycles. The Morgan fingerprint density at radius 3 is 2.56 bits per heavy atom. The average molecular weight is 344 g/mol. The maximum Gasteiger partial charge on any atom is 0.263 e. The first kappa shape index (κ1) is 18.5. The predicted molar refractivity (Wildman–Crippen MR) is 97.3 cm³/mol. The lowest BCUT2D eigenvalue weighted by atomic mass is 10.3. The summed E-state index contributed by atoms with van der Waals surface area (Å²) in [7, 11) is 3.52. The van der Waals surface area contributed by atoms with Gasteiger partial charge in [0.05, 0.1) is 7.11 Å². The topological polar surface area (TPSA) is 76.6 Å². The van der Waals surface area contributed by atoms with E-state index in [1.807, 2.05) is 30.1 Å². The molecule has 0 aliphatic carbocycles. The van der Waals surface area contributed by atoms with Gasteiger partial charge in [0.2, 0.25) is 0 Å². The summed E-state index contributed by atoms with van der Waals surface area (Å²) in [5.41, 5.74) is 0. The molecule has 1 aromatic heterocycles. The van der Waals surface area contributed by atoms with Crippen molar-refractivity contribution in [2.75, 3.05) is 37.5 Å². The molecule has 0 saturated carbocycles. The number of anilines is 2. The molecule has 0 bridgehead atoms. The van der Waals surface area contributed by atoms with E-state index in [1.165, 1.54) is 0 Å². The van der Waals surface area contributed by atoms with Crippen LogP contribution in [0.4, 0.5) is 11.6 Å². The van der Waals surface area contributed by atoms with Crippen molar-refractivity contribution < 1.29 is 14.3 Å². The number of nitrogens with one attached hydrogen (secondary N) is 1. The number of carbonyl (C=O) groups excluding carboxylic acids is 1. The minimum Gasteiger partial charge on any atom is -0.493 e. The fraction of sp³-hybridized carbons (Fsp3) is 0.389. The minimum atomic E-state index is -0.313. The normalized spacial score (nSPS) is 10.2. The lowest BCUT2D eigenvalue weighted by Crippen LogP contribution is -2.22. The third kappa shape index (κ3) is 5.63. The van der Waals surface area contributed by atoms with E-state index in [2.05, 4.69) is 22.4 Å². The number of hydrogen-bond acceptors (Lipinski definition) is 6. The zero-order valence-corrected chi connectivity index (χ0v) is 14.9. The van der Waals surface area contributed by atoms with Gasteiger partial charge in [-0.25, -0.2) is 0 Å². The second kappa shape index (κ2) is 9.46. The average Bonchev–Trinajstić information content (AvgIpc) is 2.65. The molecular formula is C18H24N4O3. The van der Waals surface area contributed by atoms with E-state index < -0.39 is 0 Å². The predicted octanol–water partition coefficient (Wildman–Crippen LogP) is 2.74. The van der Waals surface area contributed by atoms with Crippen LogP contribution >= 0.6 is 0 Å². The minimum absolute atomic E-state index is 0.139. The van der Waals surface area contributed by atoms with Crippen LogP contribution in [-0.4, -0.2) is 43.4 Å². The number of ether oxygens (including phenoxy) is 2. The van der Waals surface area contributed by atoms with E-state index in [9.17, 15) is 4.79 Å². The van der Waals surface area contributed by atoms with Gasteiger partial charge in [0.25, 0.3) is 5.91 Å². The van der Waals surface area contributed by atoms with Crippen LogP contribution in [0.2, 0.25) is 0 Å². The number of benzene rings is 1. The fourth-order valence-corrected chi connectivity index (χ4v) is 2.17. The quantitative estimate of drug-likeness (QED) is 0.754. The SMILES string of the molecule is CCCCN(C)c1ccc(NC(=O)COc2ccccc2OC)nn1. The van der Waals surface area contributed by atoms with Crippen molar-refractivity contribution >= 4 is 17.5 Å². The molecule has 0 aliphatic rings. The van der Waals surface area contributed by atoms with Gasteiger partial charge in [-0.2, -0.15) is 0 Å². The molecule has 0 radical (unpaired) electrons. The number of carbonyl (C=O) groups is 1. The van der Waals surface area contributed by atoms with Gasteiger partial charge in [-0.05, 0) is 30.7 Å². The maximum atomic E-state index is 12.0. The number of rotatable bonds is 9. The van der Waals surface area contributed by atoms with Crippen LogP contribution in [0.1, 0.15) is 19.8 Å². The highest BCUT2D eigenvalue weighted by Crippen LogP contribution is 2.25. The van der Waals surface area contributed by atoms with Crippen molar-refractivity contribution in [3.05, 3.63) is 36.4 Å². The third-order valence-electron chi connectivity index (χ3n) is 3.58. The Hall–Kier alpha value is -2.83. The summed E-state index contributed by atoms with van der Waals surface area (Å²) < 4.78 is 10.7. The highest BCUT2D eigenvalue weighted by Gasteiger charge is 2.09. The highest BCUT2D eigenvalue weighted by atomic mass is 16.5. The number of nitrogens with zero attached hydrogens (tertiary/aromatic N) is 3. The van der Waals surface area contributed by atoms with Gasteiger partial charge in [0.15, 0.2) is 29.7 Å². The van der Waals surface area contributed by atoms with Crippen LogP contribution in [-0.2, 0) is 4.79 Å². The summed E-state index contributed by atoms with van der Waals surface area (Å²) in [5, 5.41) is 10.8. The molecule has 134 valence electrons. The number of aromatic nitrogens is 2. The van der Waals surface area contributed by atoms with Crippen LogP contribution in [0.5, 0.6) is 11.5 Å². The second-order valence-corrected chi connectivity index (χ2v) is 5.54. The van der Waals surface area contributed by atoms with Crippen molar-refractivity contribution in [2.24, 2.45) is 0 Å². The van der Waals surface area contributed by atoms with Gasteiger partial charge in [-0.1, -0.05) is 25.5 Å². The zero-order chi connectivity index (χ0) is 18.1. The first-order valence-electron chi connectivity index (χ1n) is 8.24. The first-order chi connectivity index (χ1) is 12.1.